The minimum absolute atomic E-state index is 0.0982. The Morgan fingerprint density at radius 1 is 1.25 bits per heavy atom. The van der Waals surface area contributed by atoms with Crippen LogP contribution >= 0.6 is 0 Å². The Morgan fingerprint density at radius 2 is 2.08 bits per heavy atom. The molecule has 0 unspecified atom stereocenters. The zero-order valence-electron chi connectivity index (χ0n) is 13.1. The number of carbonyl (C=O) groups is 2. The molecule has 3 heterocycles. The zero-order chi connectivity index (χ0) is 16.7. The summed E-state index contributed by atoms with van der Waals surface area (Å²) in [4.78, 5) is 30.3. The Hall–Kier alpha value is -2.90. The number of aromatic nitrogens is 3. The van der Waals surface area contributed by atoms with Gasteiger partial charge in [-0.1, -0.05) is 0 Å². The fourth-order valence-electron chi connectivity index (χ4n) is 2.75. The molecule has 124 valence electrons. The van der Waals surface area contributed by atoms with Crippen molar-refractivity contribution in [3.05, 3.63) is 41.3 Å². The van der Waals surface area contributed by atoms with E-state index < -0.39 is 0 Å². The Labute approximate surface area is 138 Å². The molecule has 8 nitrogen and oxygen atoms in total. The Balaban J connectivity index is 1.48. The van der Waals surface area contributed by atoms with Crippen LogP contribution in [-0.2, 0) is 13.1 Å². The number of nitrogens with two attached hydrogens (primary N) is 1. The van der Waals surface area contributed by atoms with E-state index >= 15 is 0 Å². The molecule has 3 N–H and O–H groups in total. The number of hydrogen-bond donors (Lipinski definition) is 2. The van der Waals surface area contributed by atoms with Gasteiger partial charge in [0.25, 0.3) is 11.8 Å². The van der Waals surface area contributed by atoms with E-state index in [2.05, 4.69) is 15.4 Å². The van der Waals surface area contributed by atoms with Gasteiger partial charge in [-0.25, -0.2) is 4.98 Å². The molecule has 0 radical (unpaired) electrons. The van der Waals surface area contributed by atoms with Crippen LogP contribution in [0.1, 0.15) is 39.4 Å². The number of anilines is 1. The third-order valence-electron chi connectivity index (χ3n) is 4.26. The van der Waals surface area contributed by atoms with Crippen molar-refractivity contribution in [2.24, 2.45) is 0 Å². The van der Waals surface area contributed by atoms with E-state index in [0.717, 1.165) is 18.5 Å². The summed E-state index contributed by atoms with van der Waals surface area (Å²) in [5.41, 5.74) is 7.33. The van der Waals surface area contributed by atoms with Gasteiger partial charge in [0, 0.05) is 18.8 Å². The molecular weight excluding hydrogens is 308 g/mol. The van der Waals surface area contributed by atoms with Gasteiger partial charge < -0.3 is 16.0 Å². The van der Waals surface area contributed by atoms with Crippen molar-refractivity contribution < 1.29 is 9.59 Å². The van der Waals surface area contributed by atoms with Crippen LogP contribution in [0.5, 0.6) is 0 Å². The maximum absolute atomic E-state index is 12.6. The first-order valence-electron chi connectivity index (χ1n) is 7.98. The standard InChI is InChI=1S/C16H18N6O2/c17-14-4-1-10(8-18-14)16(24)21-5-6-22-12(9-21)7-13(20-22)15(23)19-11-2-3-11/h1,4,7-8,11H,2-3,5-6,9H2,(H2,17,18)(H,19,23). The highest BCUT2D eigenvalue weighted by Gasteiger charge is 2.28. The lowest BCUT2D eigenvalue weighted by Gasteiger charge is -2.27. The lowest BCUT2D eigenvalue weighted by molar-refractivity contribution is 0.0705. The predicted octanol–water partition coefficient (Wildman–Crippen LogP) is 0.408. The first-order valence-corrected chi connectivity index (χ1v) is 7.98. The maximum atomic E-state index is 12.6. The molecule has 2 amide bonds. The molecule has 0 atom stereocenters. The van der Waals surface area contributed by atoms with Crippen molar-refractivity contribution in [1.29, 1.82) is 0 Å². The summed E-state index contributed by atoms with van der Waals surface area (Å²) in [6, 6.07) is 5.35. The second-order valence-electron chi connectivity index (χ2n) is 6.19. The molecule has 0 bridgehead atoms. The Morgan fingerprint density at radius 3 is 2.79 bits per heavy atom. The van der Waals surface area contributed by atoms with E-state index in [0.29, 0.717) is 42.8 Å². The molecular formula is C16H18N6O2. The van der Waals surface area contributed by atoms with Crippen molar-refractivity contribution in [1.82, 2.24) is 25.0 Å². The molecule has 1 aliphatic heterocycles. The van der Waals surface area contributed by atoms with Crippen LogP contribution in [0, 0.1) is 0 Å². The van der Waals surface area contributed by atoms with Gasteiger partial charge in [0.1, 0.15) is 5.82 Å². The lowest BCUT2D eigenvalue weighted by atomic mass is 10.2. The van der Waals surface area contributed by atoms with Gasteiger partial charge in [0.2, 0.25) is 0 Å². The molecule has 0 aromatic carbocycles. The Kier molecular flexibility index (Phi) is 3.44. The second kappa shape index (κ2) is 5.63. The van der Waals surface area contributed by atoms with E-state index in [1.165, 1.54) is 6.20 Å². The third kappa shape index (κ3) is 2.82. The summed E-state index contributed by atoms with van der Waals surface area (Å²) in [6.45, 7) is 1.54. The number of nitrogen functional groups attached to an aromatic ring is 1. The molecule has 24 heavy (non-hydrogen) atoms. The molecule has 1 aliphatic carbocycles. The molecule has 0 spiro atoms. The molecule has 8 heteroatoms. The van der Waals surface area contributed by atoms with Crippen LogP contribution in [0.2, 0.25) is 0 Å². The van der Waals surface area contributed by atoms with Gasteiger partial charge in [-0.05, 0) is 31.0 Å². The van der Waals surface area contributed by atoms with Crippen molar-refractivity contribution in [2.75, 3.05) is 12.3 Å². The average Bonchev–Trinajstić information content (AvgIpc) is 3.29. The summed E-state index contributed by atoms with van der Waals surface area (Å²) < 4.78 is 1.80. The van der Waals surface area contributed by atoms with E-state index in [9.17, 15) is 9.59 Å². The van der Waals surface area contributed by atoms with Crippen LogP contribution in [-0.4, -0.2) is 44.1 Å². The number of amides is 2. The van der Waals surface area contributed by atoms with Crippen molar-refractivity contribution in [3.8, 4) is 0 Å². The smallest absolute Gasteiger partial charge is 0.272 e. The quantitative estimate of drug-likeness (QED) is 0.849. The van der Waals surface area contributed by atoms with Gasteiger partial charge >= 0.3 is 0 Å². The summed E-state index contributed by atoms with van der Waals surface area (Å²) in [5.74, 6) is 0.147. The second-order valence-corrected chi connectivity index (χ2v) is 6.19. The molecule has 2 aromatic rings. The van der Waals surface area contributed by atoms with Crippen LogP contribution in [0.3, 0.4) is 0 Å². The van der Waals surface area contributed by atoms with E-state index in [4.69, 9.17) is 5.73 Å². The normalized spacial score (nSPS) is 16.6. The zero-order valence-corrected chi connectivity index (χ0v) is 13.1. The highest BCUT2D eigenvalue weighted by Crippen LogP contribution is 2.20. The largest absolute Gasteiger partial charge is 0.384 e. The fourth-order valence-corrected chi connectivity index (χ4v) is 2.75. The van der Waals surface area contributed by atoms with Gasteiger partial charge in [0.05, 0.1) is 24.3 Å². The predicted molar refractivity (Wildman–Crippen MR) is 86.1 cm³/mol. The van der Waals surface area contributed by atoms with Crippen LogP contribution in [0.4, 0.5) is 5.82 Å². The first kappa shape index (κ1) is 14.7. The summed E-state index contributed by atoms with van der Waals surface area (Å²) >= 11 is 0. The molecule has 1 fully saturated rings. The number of nitrogens with one attached hydrogen (secondary N) is 1. The van der Waals surface area contributed by atoms with E-state index in [1.54, 1.807) is 27.8 Å². The van der Waals surface area contributed by atoms with Crippen molar-refractivity contribution in [2.45, 2.75) is 32.0 Å². The van der Waals surface area contributed by atoms with Crippen molar-refractivity contribution >= 4 is 17.6 Å². The van der Waals surface area contributed by atoms with Gasteiger partial charge in [-0.3, -0.25) is 14.3 Å². The highest BCUT2D eigenvalue weighted by molar-refractivity contribution is 5.94. The number of carbonyl (C=O) groups excluding carboxylic acids is 2. The topological polar surface area (TPSA) is 106 Å². The number of pyridine rings is 1. The molecule has 0 saturated heterocycles. The number of hydrogen-bond acceptors (Lipinski definition) is 5. The molecule has 2 aromatic heterocycles. The van der Waals surface area contributed by atoms with Crippen molar-refractivity contribution in [3.63, 3.8) is 0 Å². The number of rotatable bonds is 3. The fraction of sp³-hybridized carbons (Fsp3) is 0.375. The van der Waals surface area contributed by atoms with Gasteiger partial charge in [-0.2, -0.15) is 5.10 Å². The first-order chi connectivity index (χ1) is 11.6. The summed E-state index contributed by atoms with van der Waals surface area (Å²) in [5, 5.41) is 7.28. The van der Waals surface area contributed by atoms with Crippen LogP contribution < -0.4 is 11.1 Å². The summed E-state index contributed by atoms with van der Waals surface area (Å²) in [6.07, 6.45) is 3.56. The van der Waals surface area contributed by atoms with Crippen LogP contribution in [0.15, 0.2) is 24.4 Å². The maximum Gasteiger partial charge on any atom is 0.272 e. The Bertz CT molecular complexity index is 793. The number of nitrogens with zero attached hydrogens (tertiary/aromatic N) is 4. The van der Waals surface area contributed by atoms with Gasteiger partial charge in [-0.15, -0.1) is 0 Å². The monoisotopic (exact) mass is 326 g/mol. The van der Waals surface area contributed by atoms with Gasteiger partial charge in [0.15, 0.2) is 5.69 Å². The minimum atomic E-state index is -0.139. The molecule has 4 rings (SSSR count). The minimum Gasteiger partial charge on any atom is -0.384 e. The van der Waals surface area contributed by atoms with E-state index in [1.807, 2.05) is 0 Å². The summed E-state index contributed by atoms with van der Waals surface area (Å²) in [7, 11) is 0. The van der Waals surface area contributed by atoms with E-state index in [-0.39, 0.29) is 11.8 Å². The number of fused-ring (bicyclic) bond motifs is 1. The molecule has 1 saturated carbocycles. The average molecular weight is 326 g/mol. The van der Waals surface area contributed by atoms with Crippen LogP contribution in [0.25, 0.3) is 0 Å². The lowest BCUT2D eigenvalue weighted by Crippen LogP contribution is -2.38. The highest BCUT2D eigenvalue weighted by atomic mass is 16.2. The molecule has 2 aliphatic rings. The SMILES string of the molecule is Nc1ccc(C(=O)N2CCn3nc(C(=O)NC4CC4)cc3C2)cn1. The third-order valence-corrected chi connectivity index (χ3v) is 4.26.